The van der Waals surface area contributed by atoms with Crippen molar-refractivity contribution in [3.05, 3.63) is 84.6 Å². The summed E-state index contributed by atoms with van der Waals surface area (Å²) in [4.78, 5) is 0. The molecule has 0 saturated heterocycles. The summed E-state index contributed by atoms with van der Waals surface area (Å²) in [5, 5.41) is 2.83. The molecule has 0 fully saturated rings. The van der Waals surface area contributed by atoms with Crippen LogP contribution in [0, 0.1) is 5.92 Å². The topological polar surface area (TPSA) is 26.0 Å². The highest BCUT2D eigenvalue weighted by atomic mass is 31.1. The zero-order valence-corrected chi connectivity index (χ0v) is 13.1. The minimum atomic E-state index is -0.422. The van der Waals surface area contributed by atoms with Gasteiger partial charge in [-0.3, -0.25) is 0 Å². The van der Waals surface area contributed by atoms with E-state index in [-0.39, 0.29) is 0 Å². The van der Waals surface area contributed by atoms with E-state index in [0.29, 0.717) is 11.6 Å². The fourth-order valence-corrected chi connectivity index (χ4v) is 5.72. The fraction of sp³-hybridized carbons (Fsp3) is 0.158. The highest BCUT2D eigenvalue weighted by Gasteiger charge is 2.29. The van der Waals surface area contributed by atoms with Gasteiger partial charge in [0.15, 0.2) is 0 Å². The Morgan fingerprint density at radius 3 is 1.86 bits per heavy atom. The molecule has 2 N–H and O–H groups in total. The Labute approximate surface area is 127 Å². The first-order chi connectivity index (χ1) is 10.3. The van der Waals surface area contributed by atoms with Crippen molar-refractivity contribution in [3.8, 4) is 0 Å². The normalized spacial score (nSPS) is 18.8. The molecule has 2 aromatic carbocycles. The third kappa shape index (κ3) is 2.94. The molecule has 1 aliphatic carbocycles. The smallest absolute Gasteiger partial charge is 0.0238 e. The van der Waals surface area contributed by atoms with Crippen molar-refractivity contribution in [3.63, 3.8) is 0 Å². The lowest BCUT2D eigenvalue weighted by Gasteiger charge is -2.30. The van der Waals surface area contributed by atoms with Crippen LogP contribution in [-0.2, 0) is 0 Å². The number of nitrogens with two attached hydrogens (primary N) is 1. The lowest BCUT2D eigenvalue weighted by atomic mass is 10.1. The number of rotatable bonds is 4. The minimum absolute atomic E-state index is 0.344. The number of benzene rings is 2. The van der Waals surface area contributed by atoms with Gasteiger partial charge in [-0.25, -0.2) is 0 Å². The standard InChI is InChI=1S/C19H20NP/c1-15(18-13-8-14-19(18)20)21(16-9-4-2-5-10-16)17-11-6-3-7-12-17/h2-15,18H,20H2,1H3/t15-,18?/m1/s1. The predicted octanol–water partition coefficient (Wildman–Crippen LogP) is 3.54. The highest BCUT2D eigenvalue weighted by Crippen LogP contribution is 2.45. The van der Waals surface area contributed by atoms with Gasteiger partial charge in [-0.15, -0.1) is 0 Å². The molecule has 0 aromatic heterocycles. The van der Waals surface area contributed by atoms with Gasteiger partial charge in [0.25, 0.3) is 0 Å². The molecular formula is C19H20NP. The van der Waals surface area contributed by atoms with Gasteiger partial charge in [0.05, 0.1) is 0 Å². The second kappa shape index (κ2) is 6.28. The van der Waals surface area contributed by atoms with Gasteiger partial charge in [-0.2, -0.15) is 0 Å². The van der Waals surface area contributed by atoms with Gasteiger partial charge < -0.3 is 5.73 Å². The van der Waals surface area contributed by atoms with E-state index in [4.69, 9.17) is 5.73 Å². The summed E-state index contributed by atoms with van der Waals surface area (Å²) in [5.74, 6) is 0.344. The zero-order valence-electron chi connectivity index (χ0n) is 12.2. The van der Waals surface area contributed by atoms with Crippen molar-refractivity contribution in [2.24, 2.45) is 11.7 Å². The predicted molar refractivity (Wildman–Crippen MR) is 93.4 cm³/mol. The van der Waals surface area contributed by atoms with Crippen LogP contribution >= 0.6 is 7.92 Å². The summed E-state index contributed by atoms with van der Waals surface area (Å²) in [5.41, 5.74) is 7.66. The molecule has 1 nitrogen and oxygen atoms in total. The first-order valence-corrected chi connectivity index (χ1v) is 8.71. The summed E-state index contributed by atoms with van der Waals surface area (Å²) >= 11 is 0. The number of hydrogen-bond donors (Lipinski definition) is 1. The van der Waals surface area contributed by atoms with E-state index in [1.807, 2.05) is 6.08 Å². The first kappa shape index (κ1) is 14.1. The van der Waals surface area contributed by atoms with E-state index in [9.17, 15) is 0 Å². The second-order valence-electron chi connectivity index (χ2n) is 5.36. The molecule has 2 atom stereocenters. The molecule has 2 aromatic rings. The Kier molecular flexibility index (Phi) is 4.22. The molecule has 0 radical (unpaired) electrons. The third-order valence-corrected chi connectivity index (χ3v) is 6.83. The van der Waals surface area contributed by atoms with Crippen molar-refractivity contribution in [1.82, 2.24) is 0 Å². The average Bonchev–Trinajstić information content (AvgIpc) is 2.96. The maximum Gasteiger partial charge on any atom is 0.0238 e. The highest BCUT2D eigenvalue weighted by molar-refractivity contribution is 7.73. The van der Waals surface area contributed by atoms with Crippen molar-refractivity contribution in [2.45, 2.75) is 12.6 Å². The van der Waals surface area contributed by atoms with Gasteiger partial charge in [0.2, 0.25) is 0 Å². The largest absolute Gasteiger partial charge is 0.402 e. The van der Waals surface area contributed by atoms with Gasteiger partial charge in [0, 0.05) is 11.6 Å². The molecule has 0 aliphatic heterocycles. The lowest BCUT2D eigenvalue weighted by Crippen LogP contribution is -2.27. The van der Waals surface area contributed by atoms with E-state index in [1.54, 1.807) is 0 Å². The van der Waals surface area contributed by atoms with Crippen LogP contribution in [0.2, 0.25) is 0 Å². The van der Waals surface area contributed by atoms with Gasteiger partial charge in [-0.1, -0.05) is 79.7 Å². The summed E-state index contributed by atoms with van der Waals surface area (Å²) in [6, 6.07) is 21.7. The fourth-order valence-electron chi connectivity index (χ4n) is 2.91. The van der Waals surface area contributed by atoms with Gasteiger partial charge in [-0.05, 0) is 30.3 Å². The Balaban J connectivity index is 2.01. The van der Waals surface area contributed by atoms with E-state index in [2.05, 4.69) is 79.7 Å². The minimum Gasteiger partial charge on any atom is -0.402 e. The van der Waals surface area contributed by atoms with Crippen LogP contribution < -0.4 is 16.3 Å². The van der Waals surface area contributed by atoms with Crippen LogP contribution in [0.4, 0.5) is 0 Å². The van der Waals surface area contributed by atoms with E-state index < -0.39 is 7.92 Å². The Morgan fingerprint density at radius 1 is 0.905 bits per heavy atom. The van der Waals surface area contributed by atoms with Gasteiger partial charge >= 0.3 is 0 Å². The molecule has 0 heterocycles. The summed E-state index contributed by atoms with van der Waals surface area (Å²) in [6.45, 7) is 2.33. The van der Waals surface area contributed by atoms with Crippen molar-refractivity contribution in [2.75, 3.05) is 0 Å². The molecule has 0 saturated carbocycles. The van der Waals surface area contributed by atoms with Gasteiger partial charge in [0.1, 0.15) is 0 Å². The molecule has 1 aliphatic rings. The third-order valence-electron chi connectivity index (χ3n) is 3.99. The van der Waals surface area contributed by atoms with E-state index >= 15 is 0 Å². The van der Waals surface area contributed by atoms with E-state index in [1.165, 1.54) is 10.6 Å². The summed E-state index contributed by atoms with van der Waals surface area (Å²) in [7, 11) is -0.422. The van der Waals surface area contributed by atoms with Crippen molar-refractivity contribution in [1.29, 1.82) is 0 Å². The van der Waals surface area contributed by atoms with Crippen LogP contribution in [0.25, 0.3) is 0 Å². The maximum absolute atomic E-state index is 6.18. The number of hydrogen-bond acceptors (Lipinski definition) is 1. The molecule has 0 bridgehead atoms. The van der Waals surface area contributed by atoms with Crippen LogP contribution in [0.15, 0.2) is 84.6 Å². The maximum atomic E-state index is 6.18. The Bertz CT molecular complexity index is 606. The first-order valence-electron chi connectivity index (χ1n) is 7.30. The lowest BCUT2D eigenvalue weighted by molar-refractivity contribution is 0.742. The molecule has 0 spiro atoms. The van der Waals surface area contributed by atoms with Crippen LogP contribution in [-0.4, -0.2) is 5.66 Å². The Hall–Kier alpha value is -1.85. The van der Waals surface area contributed by atoms with Crippen molar-refractivity contribution < 1.29 is 0 Å². The molecule has 2 heteroatoms. The van der Waals surface area contributed by atoms with Crippen LogP contribution in [0.1, 0.15) is 6.92 Å². The number of allylic oxidation sites excluding steroid dienone is 3. The molecule has 106 valence electrons. The van der Waals surface area contributed by atoms with Crippen LogP contribution in [0.5, 0.6) is 0 Å². The molecule has 1 unspecified atom stereocenters. The monoisotopic (exact) mass is 293 g/mol. The quantitative estimate of drug-likeness (QED) is 0.857. The van der Waals surface area contributed by atoms with E-state index in [0.717, 1.165) is 5.70 Å². The molecule has 0 amide bonds. The van der Waals surface area contributed by atoms with Crippen molar-refractivity contribution >= 4 is 18.5 Å². The molecule has 3 rings (SSSR count). The average molecular weight is 293 g/mol. The van der Waals surface area contributed by atoms with Crippen LogP contribution in [0.3, 0.4) is 0 Å². The SMILES string of the molecule is C[C@H](C1C=CC=C1N)P(c1ccccc1)c1ccccc1. The second-order valence-corrected chi connectivity index (χ2v) is 7.95. The molecular weight excluding hydrogens is 273 g/mol. The summed E-state index contributed by atoms with van der Waals surface area (Å²) < 4.78 is 0. The Morgan fingerprint density at radius 2 is 1.43 bits per heavy atom. The zero-order chi connectivity index (χ0) is 14.7. The molecule has 21 heavy (non-hydrogen) atoms. The summed E-state index contributed by atoms with van der Waals surface area (Å²) in [6.07, 6.45) is 6.35.